The van der Waals surface area contributed by atoms with Crippen molar-refractivity contribution in [2.45, 2.75) is 13.0 Å². The van der Waals surface area contributed by atoms with E-state index in [1.54, 1.807) is 18.6 Å². The molecule has 1 N–H and O–H groups in total. The van der Waals surface area contributed by atoms with Crippen molar-refractivity contribution in [1.82, 2.24) is 0 Å². The lowest BCUT2D eigenvalue weighted by molar-refractivity contribution is -0.120. The quantitative estimate of drug-likeness (QED) is 0.667. The summed E-state index contributed by atoms with van der Waals surface area (Å²) < 4.78 is 5.32. The number of anilines is 1. The molecule has 1 amide bonds. The Kier molecular flexibility index (Phi) is 5.14. The maximum Gasteiger partial charge on any atom is 0.235 e. The van der Waals surface area contributed by atoms with Gasteiger partial charge in [0.2, 0.25) is 5.91 Å². The molecule has 0 saturated carbocycles. The number of carbonyl (C=O) groups excluding carboxylic acids is 1. The second kappa shape index (κ2) is 7.66. The maximum atomic E-state index is 12.5. The van der Waals surface area contributed by atoms with Crippen molar-refractivity contribution in [3.63, 3.8) is 0 Å². The van der Waals surface area contributed by atoms with Gasteiger partial charge in [0.1, 0.15) is 13.2 Å². The third-order valence-electron chi connectivity index (χ3n) is 4.10. The van der Waals surface area contributed by atoms with E-state index in [1.807, 2.05) is 55.5 Å². The number of carbonyl (C=O) groups is 1. The van der Waals surface area contributed by atoms with Crippen LogP contribution in [0.2, 0.25) is 0 Å². The highest BCUT2D eigenvalue weighted by molar-refractivity contribution is 5.98. The summed E-state index contributed by atoms with van der Waals surface area (Å²) in [7, 11) is 1.51. The lowest BCUT2D eigenvalue weighted by atomic mass is 10.0. The van der Waals surface area contributed by atoms with E-state index in [-0.39, 0.29) is 17.9 Å². The number of amides is 1. The number of benzene rings is 2. The molecule has 128 valence electrons. The van der Waals surface area contributed by atoms with Gasteiger partial charge in [0, 0.05) is 11.3 Å². The smallest absolute Gasteiger partial charge is 0.235 e. The highest BCUT2D eigenvalue weighted by Gasteiger charge is 2.27. The van der Waals surface area contributed by atoms with Crippen LogP contribution in [-0.2, 0) is 14.4 Å². The zero-order valence-corrected chi connectivity index (χ0v) is 14.2. The fourth-order valence-electron chi connectivity index (χ4n) is 2.72. The molecule has 1 heterocycles. The first-order chi connectivity index (χ1) is 12.2. The molecule has 2 unspecified atom stereocenters. The number of ether oxygens (including phenoxy) is 1. The van der Waals surface area contributed by atoms with Gasteiger partial charge in [-0.15, -0.1) is 0 Å². The van der Waals surface area contributed by atoms with Crippen LogP contribution in [0, 0.1) is 5.92 Å². The van der Waals surface area contributed by atoms with Crippen LogP contribution in [0.25, 0.3) is 11.1 Å². The Morgan fingerprint density at radius 1 is 1.20 bits per heavy atom. The Labute approximate surface area is 147 Å². The molecule has 0 aliphatic carbocycles. The van der Waals surface area contributed by atoms with Crippen LogP contribution in [0.3, 0.4) is 0 Å². The van der Waals surface area contributed by atoms with E-state index in [2.05, 4.69) is 15.3 Å². The number of rotatable bonds is 5. The Hall–Kier alpha value is -3.08. The molecular weight excluding hydrogens is 316 g/mol. The van der Waals surface area contributed by atoms with Gasteiger partial charge in [0.15, 0.2) is 0 Å². The molecule has 5 nitrogen and oxygen atoms in total. The molecule has 0 bridgehead atoms. The summed E-state index contributed by atoms with van der Waals surface area (Å²) in [5.74, 6) is -0.349. The van der Waals surface area contributed by atoms with Crippen molar-refractivity contribution >= 4 is 17.8 Å². The van der Waals surface area contributed by atoms with Gasteiger partial charge >= 0.3 is 0 Å². The first kappa shape index (κ1) is 16.8. The zero-order valence-electron chi connectivity index (χ0n) is 14.2. The SMILES string of the molecule is CO/N=C/c1ccc(-c2ccccc2NC(=O)C2C=COC2C)cc1. The van der Waals surface area contributed by atoms with Gasteiger partial charge in [-0.25, -0.2) is 0 Å². The highest BCUT2D eigenvalue weighted by Crippen LogP contribution is 2.29. The number of hydrogen-bond donors (Lipinski definition) is 1. The van der Waals surface area contributed by atoms with Crippen molar-refractivity contribution in [1.29, 1.82) is 0 Å². The van der Waals surface area contributed by atoms with E-state index in [0.29, 0.717) is 0 Å². The summed E-state index contributed by atoms with van der Waals surface area (Å²) in [5.41, 5.74) is 3.69. The fraction of sp³-hybridized carbons (Fsp3) is 0.200. The molecule has 0 fully saturated rings. The summed E-state index contributed by atoms with van der Waals surface area (Å²) in [6, 6.07) is 15.6. The van der Waals surface area contributed by atoms with Crippen LogP contribution >= 0.6 is 0 Å². The lowest BCUT2D eigenvalue weighted by Crippen LogP contribution is -2.28. The van der Waals surface area contributed by atoms with Crippen LogP contribution in [0.4, 0.5) is 5.69 Å². The Balaban J connectivity index is 1.82. The van der Waals surface area contributed by atoms with E-state index >= 15 is 0 Å². The lowest BCUT2D eigenvalue weighted by Gasteiger charge is -2.16. The normalized spacial score (nSPS) is 19.0. The molecule has 1 aliphatic heterocycles. The van der Waals surface area contributed by atoms with E-state index in [9.17, 15) is 4.79 Å². The largest absolute Gasteiger partial charge is 0.497 e. The minimum Gasteiger partial charge on any atom is -0.497 e. The monoisotopic (exact) mass is 336 g/mol. The third kappa shape index (κ3) is 3.88. The Morgan fingerprint density at radius 2 is 1.96 bits per heavy atom. The van der Waals surface area contributed by atoms with Gasteiger partial charge in [-0.3, -0.25) is 4.79 Å². The molecule has 0 spiro atoms. The second-order valence-corrected chi connectivity index (χ2v) is 5.77. The van der Waals surface area contributed by atoms with Crippen LogP contribution in [0.1, 0.15) is 12.5 Å². The Morgan fingerprint density at radius 3 is 2.64 bits per heavy atom. The van der Waals surface area contributed by atoms with Gasteiger partial charge in [0.05, 0.1) is 18.4 Å². The minimum absolute atomic E-state index is 0.0717. The molecule has 2 aromatic rings. The number of para-hydroxylation sites is 1. The topological polar surface area (TPSA) is 59.9 Å². The molecule has 0 aromatic heterocycles. The van der Waals surface area contributed by atoms with Crippen molar-refractivity contribution in [3.8, 4) is 11.1 Å². The van der Waals surface area contributed by atoms with E-state index in [1.165, 1.54) is 7.11 Å². The average Bonchev–Trinajstić information content (AvgIpc) is 3.07. The molecule has 0 saturated heterocycles. The molecule has 1 aliphatic rings. The van der Waals surface area contributed by atoms with Crippen LogP contribution in [0.15, 0.2) is 66.0 Å². The van der Waals surface area contributed by atoms with E-state index < -0.39 is 0 Å². The predicted molar refractivity (Wildman–Crippen MR) is 98.3 cm³/mol. The van der Waals surface area contributed by atoms with Gasteiger partial charge in [-0.05, 0) is 30.2 Å². The molecule has 0 radical (unpaired) electrons. The van der Waals surface area contributed by atoms with Crippen molar-refractivity contribution in [3.05, 3.63) is 66.4 Å². The fourth-order valence-corrected chi connectivity index (χ4v) is 2.72. The number of nitrogens with one attached hydrogen (secondary N) is 1. The minimum atomic E-state index is -0.277. The second-order valence-electron chi connectivity index (χ2n) is 5.77. The third-order valence-corrected chi connectivity index (χ3v) is 4.10. The number of nitrogens with zero attached hydrogens (tertiary/aromatic N) is 1. The maximum absolute atomic E-state index is 12.5. The van der Waals surface area contributed by atoms with Crippen LogP contribution in [0.5, 0.6) is 0 Å². The zero-order chi connectivity index (χ0) is 17.6. The summed E-state index contributed by atoms with van der Waals surface area (Å²) in [4.78, 5) is 17.2. The highest BCUT2D eigenvalue weighted by atomic mass is 16.6. The molecule has 25 heavy (non-hydrogen) atoms. The summed E-state index contributed by atoms with van der Waals surface area (Å²) in [6.07, 6.45) is 4.87. The number of hydrogen-bond acceptors (Lipinski definition) is 4. The van der Waals surface area contributed by atoms with Crippen LogP contribution in [-0.4, -0.2) is 25.3 Å². The first-order valence-electron chi connectivity index (χ1n) is 8.08. The Bertz CT molecular complexity index is 797. The molecule has 3 rings (SSSR count). The van der Waals surface area contributed by atoms with Crippen molar-refractivity contribution < 1.29 is 14.4 Å². The molecular formula is C20H20N2O3. The van der Waals surface area contributed by atoms with E-state index in [4.69, 9.17) is 4.74 Å². The molecule has 2 atom stereocenters. The molecule has 5 heteroatoms. The van der Waals surface area contributed by atoms with Gasteiger partial charge < -0.3 is 14.9 Å². The van der Waals surface area contributed by atoms with Crippen molar-refractivity contribution in [2.24, 2.45) is 11.1 Å². The summed E-state index contributed by atoms with van der Waals surface area (Å²) in [5, 5.41) is 6.77. The molecule has 2 aromatic carbocycles. The van der Waals surface area contributed by atoms with Crippen molar-refractivity contribution in [2.75, 3.05) is 12.4 Å². The van der Waals surface area contributed by atoms with E-state index in [0.717, 1.165) is 22.4 Å². The van der Waals surface area contributed by atoms with Gasteiger partial charge in [-0.2, -0.15) is 0 Å². The summed E-state index contributed by atoms with van der Waals surface area (Å²) >= 11 is 0. The average molecular weight is 336 g/mol. The predicted octanol–water partition coefficient (Wildman–Crippen LogP) is 3.82. The summed E-state index contributed by atoms with van der Waals surface area (Å²) in [6.45, 7) is 1.89. The van der Waals surface area contributed by atoms with Crippen LogP contribution < -0.4 is 5.32 Å². The van der Waals surface area contributed by atoms with Gasteiger partial charge in [0.25, 0.3) is 0 Å². The standard InChI is InChI=1S/C20H20N2O3/c1-14-17(11-12-25-14)20(23)22-19-6-4-3-5-18(19)16-9-7-15(8-10-16)13-21-24-2/h3-14,17H,1-2H3,(H,22,23)/b21-13+. The first-order valence-corrected chi connectivity index (χ1v) is 8.08. The number of oxime groups is 1. The van der Waals surface area contributed by atoms with Gasteiger partial charge in [-0.1, -0.05) is 47.6 Å².